The summed E-state index contributed by atoms with van der Waals surface area (Å²) in [4.78, 5) is 25.8. The van der Waals surface area contributed by atoms with Gasteiger partial charge in [-0.3, -0.25) is 9.59 Å². The molecule has 4 nitrogen and oxygen atoms in total. The minimum absolute atomic E-state index is 0.268. The van der Waals surface area contributed by atoms with Crippen LogP contribution in [0.1, 0.15) is 28.4 Å². The average molecular weight is 256 g/mol. The summed E-state index contributed by atoms with van der Waals surface area (Å²) in [5, 5.41) is 2.88. The normalized spacial score (nSPS) is 10.2. The van der Waals surface area contributed by atoms with Crippen molar-refractivity contribution in [2.24, 2.45) is 0 Å². The van der Waals surface area contributed by atoms with Gasteiger partial charge in [0.15, 0.2) is 0 Å². The fourth-order valence-corrected chi connectivity index (χ4v) is 1.97. The molecule has 0 fully saturated rings. The lowest BCUT2D eigenvalue weighted by molar-refractivity contribution is 0.102. The summed E-state index contributed by atoms with van der Waals surface area (Å²) in [5.41, 5.74) is 2.99. The molecule has 1 amide bonds. The van der Waals surface area contributed by atoms with Crippen LogP contribution >= 0.6 is 0 Å². The first-order chi connectivity index (χ1) is 9.11. The fourth-order valence-electron chi connectivity index (χ4n) is 1.97. The van der Waals surface area contributed by atoms with Crippen molar-refractivity contribution < 1.29 is 4.79 Å². The van der Waals surface area contributed by atoms with Crippen LogP contribution < -0.4 is 10.9 Å². The van der Waals surface area contributed by atoms with E-state index in [4.69, 9.17) is 0 Å². The lowest BCUT2D eigenvalue weighted by Gasteiger charge is -2.12. The van der Waals surface area contributed by atoms with Gasteiger partial charge in [0.05, 0.1) is 0 Å². The Morgan fingerprint density at radius 1 is 1.32 bits per heavy atom. The summed E-state index contributed by atoms with van der Waals surface area (Å²) < 4.78 is 0. The number of hydrogen-bond acceptors (Lipinski definition) is 2. The number of para-hydroxylation sites is 1. The maximum atomic E-state index is 12.1. The molecule has 0 spiro atoms. The third-order valence-corrected chi connectivity index (χ3v) is 3.02. The Balaban J connectivity index is 2.31. The first-order valence-corrected chi connectivity index (χ1v) is 6.20. The van der Waals surface area contributed by atoms with Crippen molar-refractivity contribution in [2.75, 3.05) is 5.32 Å². The molecule has 2 N–H and O–H groups in total. The van der Waals surface area contributed by atoms with Gasteiger partial charge in [-0.15, -0.1) is 0 Å². The summed E-state index contributed by atoms with van der Waals surface area (Å²) in [6.07, 6.45) is 2.31. The Morgan fingerprint density at radius 3 is 2.79 bits per heavy atom. The molecule has 0 unspecified atom stereocenters. The van der Waals surface area contributed by atoms with Crippen molar-refractivity contribution in [2.45, 2.75) is 20.3 Å². The van der Waals surface area contributed by atoms with Gasteiger partial charge in [0.25, 0.3) is 5.91 Å². The molecular formula is C15H16N2O2. The van der Waals surface area contributed by atoms with E-state index in [0.717, 1.165) is 23.2 Å². The smallest absolute Gasteiger partial charge is 0.255 e. The third-order valence-electron chi connectivity index (χ3n) is 3.02. The second-order valence-electron chi connectivity index (χ2n) is 4.36. The van der Waals surface area contributed by atoms with Crippen LogP contribution in [0.4, 0.5) is 5.69 Å². The molecule has 2 aromatic rings. The molecule has 0 radical (unpaired) electrons. The zero-order valence-electron chi connectivity index (χ0n) is 11.0. The van der Waals surface area contributed by atoms with Crippen molar-refractivity contribution >= 4 is 11.6 Å². The van der Waals surface area contributed by atoms with Crippen LogP contribution in [0.3, 0.4) is 0 Å². The summed E-state index contributed by atoms with van der Waals surface area (Å²) in [6, 6.07) is 8.78. The van der Waals surface area contributed by atoms with Crippen LogP contribution in [0.5, 0.6) is 0 Å². The Morgan fingerprint density at radius 2 is 2.11 bits per heavy atom. The molecule has 1 heterocycles. The quantitative estimate of drug-likeness (QED) is 0.886. The van der Waals surface area contributed by atoms with Crippen LogP contribution in [-0.4, -0.2) is 10.9 Å². The van der Waals surface area contributed by atoms with Gasteiger partial charge in [0.1, 0.15) is 0 Å². The lowest BCUT2D eigenvalue weighted by Crippen LogP contribution is -2.17. The molecule has 19 heavy (non-hydrogen) atoms. The van der Waals surface area contributed by atoms with E-state index in [1.54, 1.807) is 6.07 Å². The highest BCUT2D eigenvalue weighted by atomic mass is 16.2. The van der Waals surface area contributed by atoms with Crippen molar-refractivity contribution in [3.8, 4) is 0 Å². The molecule has 1 aromatic carbocycles. The topological polar surface area (TPSA) is 62.0 Å². The molecule has 0 saturated heterocycles. The van der Waals surface area contributed by atoms with E-state index in [1.165, 1.54) is 12.3 Å². The standard InChI is InChI=1S/C15H16N2O2/c1-3-11-6-4-5-10(2)14(11)17-15(19)12-7-8-16-13(18)9-12/h4-9H,3H2,1-2H3,(H,16,18)(H,17,19). The highest BCUT2D eigenvalue weighted by Crippen LogP contribution is 2.21. The number of amides is 1. The number of benzene rings is 1. The SMILES string of the molecule is CCc1cccc(C)c1NC(=O)c1cc[nH]c(=O)c1. The van der Waals surface area contributed by atoms with Gasteiger partial charge in [-0.2, -0.15) is 0 Å². The number of rotatable bonds is 3. The van der Waals surface area contributed by atoms with Gasteiger partial charge in [0, 0.05) is 23.5 Å². The van der Waals surface area contributed by atoms with Gasteiger partial charge >= 0.3 is 0 Å². The number of aromatic amines is 1. The molecule has 1 aromatic heterocycles. The Kier molecular flexibility index (Phi) is 3.80. The third kappa shape index (κ3) is 2.91. The van der Waals surface area contributed by atoms with Crippen molar-refractivity contribution in [1.29, 1.82) is 0 Å². The number of nitrogens with one attached hydrogen (secondary N) is 2. The number of carbonyl (C=O) groups excluding carboxylic acids is 1. The number of pyridine rings is 1. The Hall–Kier alpha value is -2.36. The van der Waals surface area contributed by atoms with Crippen molar-refractivity contribution in [3.05, 3.63) is 63.6 Å². The largest absolute Gasteiger partial charge is 0.329 e. The first kappa shape index (κ1) is 13.1. The molecule has 0 saturated carbocycles. The summed E-state index contributed by atoms with van der Waals surface area (Å²) in [6.45, 7) is 3.99. The molecular weight excluding hydrogens is 240 g/mol. The number of carbonyl (C=O) groups is 1. The summed E-state index contributed by atoms with van der Waals surface area (Å²) >= 11 is 0. The molecule has 0 bridgehead atoms. The van der Waals surface area contributed by atoms with E-state index in [0.29, 0.717) is 5.56 Å². The van der Waals surface area contributed by atoms with Crippen LogP contribution in [0, 0.1) is 6.92 Å². The highest BCUT2D eigenvalue weighted by molar-refractivity contribution is 6.04. The van der Waals surface area contributed by atoms with Gasteiger partial charge in [-0.05, 0) is 30.5 Å². The molecule has 4 heteroatoms. The number of aromatic nitrogens is 1. The molecule has 0 aliphatic heterocycles. The van der Waals surface area contributed by atoms with Crippen LogP contribution in [0.25, 0.3) is 0 Å². The van der Waals surface area contributed by atoms with E-state index in [9.17, 15) is 9.59 Å². The lowest BCUT2D eigenvalue weighted by atomic mass is 10.1. The molecule has 0 aliphatic carbocycles. The molecule has 2 rings (SSSR count). The number of aryl methyl sites for hydroxylation is 2. The maximum absolute atomic E-state index is 12.1. The zero-order chi connectivity index (χ0) is 13.8. The minimum atomic E-state index is -0.284. The Bertz CT molecular complexity index is 659. The number of anilines is 1. The second kappa shape index (κ2) is 5.52. The van der Waals surface area contributed by atoms with Gasteiger partial charge in [0.2, 0.25) is 5.56 Å². The monoisotopic (exact) mass is 256 g/mol. The van der Waals surface area contributed by atoms with E-state index in [2.05, 4.69) is 10.3 Å². The van der Waals surface area contributed by atoms with Crippen molar-refractivity contribution in [3.63, 3.8) is 0 Å². The predicted molar refractivity (Wildman–Crippen MR) is 75.6 cm³/mol. The summed E-state index contributed by atoms with van der Waals surface area (Å²) in [5.74, 6) is -0.268. The van der Waals surface area contributed by atoms with Crippen LogP contribution in [-0.2, 0) is 6.42 Å². The van der Waals surface area contributed by atoms with E-state index in [-0.39, 0.29) is 11.5 Å². The fraction of sp³-hybridized carbons (Fsp3) is 0.200. The summed E-state index contributed by atoms with van der Waals surface area (Å²) in [7, 11) is 0. The zero-order valence-corrected chi connectivity index (χ0v) is 11.0. The molecule has 0 aliphatic rings. The van der Waals surface area contributed by atoms with Gasteiger partial charge in [-0.1, -0.05) is 25.1 Å². The van der Waals surface area contributed by atoms with E-state index in [1.807, 2.05) is 32.0 Å². The number of H-pyrrole nitrogens is 1. The van der Waals surface area contributed by atoms with E-state index >= 15 is 0 Å². The van der Waals surface area contributed by atoms with Gasteiger partial charge < -0.3 is 10.3 Å². The molecule has 98 valence electrons. The van der Waals surface area contributed by atoms with Crippen LogP contribution in [0.2, 0.25) is 0 Å². The van der Waals surface area contributed by atoms with Crippen LogP contribution in [0.15, 0.2) is 41.3 Å². The second-order valence-corrected chi connectivity index (χ2v) is 4.36. The maximum Gasteiger partial charge on any atom is 0.255 e. The Labute approximate surface area is 111 Å². The predicted octanol–water partition coefficient (Wildman–Crippen LogP) is 2.50. The first-order valence-electron chi connectivity index (χ1n) is 6.20. The highest BCUT2D eigenvalue weighted by Gasteiger charge is 2.10. The van der Waals surface area contributed by atoms with Crippen molar-refractivity contribution in [1.82, 2.24) is 4.98 Å². The molecule has 0 atom stereocenters. The minimum Gasteiger partial charge on any atom is -0.329 e. The van der Waals surface area contributed by atoms with E-state index < -0.39 is 0 Å². The number of hydrogen-bond donors (Lipinski definition) is 2. The van der Waals surface area contributed by atoms with Gasteiger partial charge in [-0.25, -0.2) is 0 Å². The average Bonchev–Trinajstić information content (AvgIpc) is 2.41.